The summed E-state index contributed by atoms with van der Waals surface area (Å²) in [6, 6.07) is 12.0. The molecule has 0 saturated heterocycles. The molecule has 0 aliphatic heterocycles. The summed E-state index contributed by atoms with van der Waals surface area (Å²) in [5.41, 5.74) is 4.30. The maximum atomic E-state index is 12.9. The number of pyridine rings is 1. The largest absolute Gasteiger partial charge is 0.437 e. The van der Waals surface area contributed by atoms with E-state index in [1.165, 1.54) is 4.31 Å². The van der Waals surface area contributed by atoms with Crippen molar-refractivity contribution in [2.24, 2.45) is 5.92 Å². The summed E-state index contributed by atoms with van der Waals surface area (Å²) in [6.07, 6.45) is 4.89. The first-order valence-electron chi connectivity index (χ1n) is 12.9. The monoisotopic (exact) mass is 522 g/mol. The van der Waals surface area contributed by atoms with Crippen LogP contribution in [0.5, 0.6) is 0 Å². The van der Waals surface area contributed by atoms with Crippen molar-refractivity contribution >= 4 is 27.9 Å². The number of aryl methyl sites for hydroxylation is 1. The number of amides is 1. The molecule has 2 heterocycles. The van der Waals surface area contributed by atoms with E-state index in [-0.39, 0.29) is 18.4 Å². The average Bonchev–Trinajstić information content (AvgIpc) is 3.67. The quantitative estimate of drug-likeness (QED) is 0.320. The van der Waals surface area contributed by atoms with Gasteiger partial charge in [0.15, 0.2) is 0 Å². The first kappa shape index (κ1) is 26.8. The van der Waals surface area contributed by atoms with Crippen LogP contribution in [0.4, 0.5) is 0 Å². The topological polar surface area (TPSA) is 116 Å². The molecular formula is C28H34N4O4S. The normalized spacial score (nSPS) is 14.3. The number of benzene rings is 1. The highest BCUT2D eigenvalue weighted by atomic mass is 32.2. The molecule has 1 amide bonds. The van der Waals surface area contributed by atoms with E-state index < -0.39 is 10.9 Å². The highest BCUT2D eigenvalue weighted by Gasteiger charge is 2.31. The fourth-order valence-corrected chi connectivity index (χ4v) is 5.30. The van der Waals surface area contributed by atoms with Crippen LogP contribution in [0.25, 0.3) is 22.4 Å². The maximum absolute atomic E-state index is 12.9. The Kier molecular flexibility index (Phi) is 8.62. The standard InChI is InChI=1S/C28H34N4O4S/c1-4-19(13-14-29)6-5-15-32(37(34)35)17-24-22(20-11-12-20)16-23-25(27(33)30-3)26(36-28(23)31-24)21-9-7-18(2)8-10-21/h7-10,16,19-20,37H,4-6,11-13,15,17H2,1-3H3,(H,30,33). The van der Waals surface area contributed by atoms with E-state index in [1.54, 1.807) is 7.05 Å². The first-order chi connectivity index (χ1) is 17.9. The highest BCUT2D eigenvalue weighted by molar-refractivity contribution is 7.69. The van der Waals surface area contributed by atoms with E-state index in [2.05, 4.69) is 18.3 Å². The number of thiol groups is 1. The van der Waals surface area contributed by atoms with Gasteiger partial charge in [-0.3, -0.25) is 4.79 Å². The predicted molar refractivity (Wildman–Crippen MR) is 144 cm³/mol. The summed E-state index contributed by atoms with van der Waals surface area (Å²) < 4.78 is 31.9. The van der Waals surface area contributed by atoms with Gasteiger partial charge in [-0.1, -0.05) is 43.2 Å². The molecule has 9 heteroatoms. The number of hydrogen-bond acceptors (Lipinski definition) is 6. The molecule has 0 bridgehead atoms. The van der Waals surface area contributed by atoms with Gasteiger partial charge in [-0.05, 0) is 56.1 Å². The molecule has 0 radical (unpaired) electrons. The fourth-order valence-electron chi connectivity index (χ4n) is 4.74. The predicted octanol–water partition coefficient (Wildman–Crippen LogP) is 5.09. The summed E-state index contributed by atoms with van der Waals surface area (Å²) >= 11 is 0. The van der Waals surface area contributed by atoms with Gasteiger partial charge in [0.05, 0.1) is 29.3 Å². The fraction of sp³-hybridized carbons (Fsp3) is 0.464. The Morgan fingerprint density at radius 1 is 1.30 bits per heavy atom. The Morgan fingerprint density at radius 3 is 2.62 bits per heavy atom. The SMILES string of the molecule is CCC(CC#N)CCCN(Cc1nc2oc(-c3ccc(C)cc3)c(C(=O)NC)c2cc1C1CC1)[SH](=O)=O. The third kappa shape index (κ3) is 6.20. The van der Waals surface area contributed by atoms with Gasteiger partial charge in [0.1, 0.15) is 5.76 Å². The second-order valence-electron chi connectivity index (χ2n) is 9.81. The molecule has 8 nitrogen and oxygen atoms in total. The van der Waals surface area contributed by atoms with Crippen LogP contribution in [0.3, 0.4) is 0 Å². The van der Waals surface area contributed by atoms with Crippen LogP contribution in [0, 0.1) is 24.2 Å². The zero-order chi connectivity index (χ0) is 26.5. The summed E-state index contributed by atoms with van der Waals surface area (Å²) in [7, 11) is -1.22. The van der Waals surface area contributed by atoms with Crippen molar-refractivity contribution in [3.8, 4) is 17.4 Å². The van der Waals surface area contributed by atoms with Gasteiger partial charge in [-0.25, -0.2) is 13.4 Å². The molecule has 1 unspecified atom stereocenters. The van der Waals surface area contributed by atoms with Crippen LogP contribution in [-0.2, 0) is 17.4 Å². The number of nitrogens with one attached hydrogen (secondary N) is 1. The number of nitrogens with zero attached hydrogens (tertiary/aromatic N) is 3. The molecule has 196 valence electrons. The van der Waals surface area contributed by atoms with E-state index in [0.29, 0.717) is 53.4 Å². The summed E-state index contributed by atoms with van der Waals surface area (Å²) in [6.45, 7) is 4.58. The Morgan fingerprint density at radius 2 is 2.03 bits per heavy atom. The molecule has 1 aliphatic carbocycles. The Bertz CT molecular complexity index is 1380. The zero-order valence-corrected chi connectivity index (χ0v) is 22.5. The van der Waals surface area contributed by atoms with E-state index in [1.807, 2.05) is 37.3 Å². The Labute approximate surface area is 219 Å². The molecule has 3 aromatic rings. The number of carbonyl (C=O) groups is 1. The van der Waals surface area contributed by atoms with Crippen molar-refractivity contribution in [2.45, 2.75) is 64.8 Å². The van der Waals surface area contributed by atoms with Gasteiger partial charge in [-0.2, -0.15) is 9.57 Å². The minimum absolute atomic E-state index is 0.158. The third-order valence-electron chi connectivity index (χ3n) is 7.13. The zero-order valence-electron chi connectivity index (χ0n) is 21.6. The number of hydrogen-bond donors (Lipinski definition) is 2. The van der Waals surface area contributed by atoms with Gasteiger partial charge in [0, 0.05) is 25.6 Å². The van der Waals surface area contributed by atoms with Crippen molar-refractivity contribution in [3.05, 3.63) is 52.7 Å². The van der Waals surface area contributed by atoms with Crippen LogP contribution in [0.2, 0.25) is 0 Å². The number of aromatic nitrogens is 1. The minimum atomic E-state index is -2.80. The molecule has 0 spiro atoms. The maximum Gasteiger partial charge on any atom is 0.255 e. The van der Waals surface area contributed by atoms with Crippen LogP contribution in [0.15, 0.2) is 34.7 Å². The minimum Gasteiger partial charge on any atom is -0.437 e. The van der Waals surface area contributed by atoms with Crippen molar-refractivity contribution < 1.29 is 17.6 Å². The number of rotatable bonds is 12. The molecule has 1 saturated carbocycles. The van der Waals surface area contributed by atoms with Gasteiger partial charge in [0.25, 0.3) is 5.91 Å². The summed E-state index contributed by atoms with van der Waals surface area (Å²) in [4.78, 5) is 17.7. The Balaban J connectivity index is 1.70. The number of fused-ring (bicyclic) bond motifs is 1. The molecule has 1 aromatic carbocycles. The molecule has 2 aromatic heterocycles. The number of furan rings is 1. The molecule has 1 atom stereocenters. The van der Waals surface area contributed by atoms with Crippen LogP contribution < -0.4 is 5.32 Å². The number of carbonyl (C=O) groups excluding carboxylic acids is 1. The smallest absolute Gasteiger partial charge is 0.255 e. The lowest BCUT2D eigenvalue weighted by molar-refractivity contribution is 0.0964. The van der Waals surface area contributed by atoms with Gasteiger partial charge >= 0.3 is 0 Å². The van der Waals surface area contributed by atoms with Gasteiger partial charge in [0.2, 0.25) is 16.6 Å². The molecule has 1 fully saturated rings. The highest BCUT2D eigenvalue weighted by Crippen LogP contribution is 2.44. The second-order valence-corrected chi connectivity index (χ2v) is 10.8. The van der Waals surface area contributed by atoms with Crippen molar-refractivity contribution in [1.29, 1.82) is 5.26 Å². The average molecular weight is 523 g/mol. The van der Waals surface area contributed by atoms with E-state index in [9.17, 15) is 13.2 Å². The molecule has 37 heavy (non-hydrogen) atoms. The molecular weight excluding hydrogens is 488 g/mol. The Hall–Kier alpha value is -3.22. The number of nitriles is 1. The lowest BCUT2D eigenvalue weighted by atomic mass is 9.97. The van der Waals surface area contributed by atoms with E-state index >= 15 is 0 Å². The summed E-state index contributed by atoms with van der Waals surface area (Å²) in [5.74, 6) is 0.779. The van der Waals surface area contributed by atoms with Crippen LogP contribution in [0.1, 0.15) is 78.5 Å². The van der Waals surface area contributed by atoms with E-state index in [0.717, 1.165) is 42.4 Å². The van der Waals surface area contributed by atoms with Crippen molar-refractivity contribution in [3.63, 3.8) is 0 Å². The lowest BCUT2D eigenvalue weighted by Crippen LogP contribution is -2.24. The van der Waals surface area contributed by atoms with Gasteiger partial charge in [-0.15, -0.1) is 0 Å². The van der Waals surface area contributed by atoms with E-state index in [4.69, 9.17) is 14.7 Å². The van der Waals surface area contributed by atoms with Crippen LogP contribution >= 0.6 is 0 Å². The molecule has 4 rings (SSSR count). The second kappa shape index (κ2) is 11.9. The third-order valence-corrected chi connectivity index (χ3v) is 7.93. The van der Waals surface area contributed by atoms with Crippen LogP contribution in [-0.4, -0.2) is 37.2 Å². The summed E-state index contributed by atoms with van der Waals surface area (Å²) in [5, 5.41) is 12.3. The molecule has 1 aliphatic rings. The lowest BCUT2D eigenvalue weighted by Gasteiger charge is -2.18. The van der Waals surface area contributed by atoms with Gasteiger partial charge < -0.3 is 9.73 Å². The molecule has 1 N–H and O–H groups in total. The van der Waals surface area contributed by atoms with Crippen molar-refractivity contribution in [1.82, 2.24) is 14.6 Å². The first-order valence-corrected chi connectivity index (χ1v) is 14.0. The van der Waals surface area contributed by atoms with Crippen molar-refractivity contribution in [2.75, 3.05) is 13.6 Å².